The van der Waals surface area contributed by atoms with Crippen LogP contribution in [0.3, 0.4) is 0 Å². The van der Waals surface area contributed by atoms with Crippen LogP contribution in [-0.2, 0) is 14.3 Å². The van der Waals surface area contributed by atoms with Gasteiger partial charge in [-0.15, -0.1) is 5.10 Å². The van der Waals surface area contributed by atoms with Crippen molar-refractivity contribution in [3.63, 3.8) is 0 Å². The molecule has 0 unspecified atom stereocenters. The lowest BCUT2D eigenvalue weighted by atomic mass is 9.97. The lowest BCUT2D eigenvalue weighted by Crippen LogP contribution is -2.45. The van der Waals surface area contributed by atoms with Gasteiger partial charge in [-0.3, -0.25) is 4.79 Å². The van der Waals surface area contributed by atoms with Crippen molar-refractivity contribution in [2.75, 3.05) is 25.0 Å². The number of ether oxygens (including phenoxy) is 2. The number of amides is 2. The minimum atomic E-state index is -0.671. The summed E-state index contributed by atoms with van der Waals surface area (Å²) in [4.78, 5) is 40.5. The fraction of sp³-hybridized carbons (Fsp3) is 0.433. The van der Waals surface area contributed by atoms with Gasteiger partial charge in [0, 0.05) is 29.1 Å². The molecule has 1 fully saturated rings. The van der Waals surface area contributed by atoms with Gasteiger partial charge < -0.3 is 19.7 Å². The molecule has 216 valence electrons. The Morgan fingerprint density at radius 2 is 1.93 bits per heavy atom. The van der Waals surface area contributed by atoms with Crippen molar-refractivity contribution < 1.29 is 23.9 Å². The van der Waals surface area contributed by atoms with Crippen LogP contribution in [0.2, 0.25) is 5.02 Å². The maximum absolute atomic E-state index is 13.4. The minimum absolute atomic E-state index is 0.125. The van der Waals surface area contributed by atoms with Crippen molar-refractivity contribution in [3.8, 4) is 17.2 Å². The number of nitrogens with one attached hydrogen (secondary N) is 1. The van der Waals surface area contributed by atoms with Gasteiger partial charge in [-0.1, -0.05) is 31.5 Å². The quantitative estimate of drug-likeness (QED) is 0.368. The number of anilines is 1. The first-order valence-corrected chi connectivity index (χ1v) is 13.9. The van der Waals surface area contributed by atoms with Crippen LogP contribution in [0.15, 0.2) is 36.4 Å². The van der Waals surface area contributed by atoms with Gasteiger partial charge in [0.1, 0.15) is 5.60 Å². The average molecular weight is 580 g/mol. The zero-order chi connectivity index (χ0) is 29.9. The number of halogens is 1. The molecular formula is C30H34ClN5O5. The fourth-order valence-corrected chi connectivity index (χ4v) is 4.76. The van der Waals surface area contributed by atoms with E-state index in [-0.39, 0.29) is 30.8 Å². The molecule has 1 saturated heterocycles. The normalized spacial score (nSPS) is 15.5. The second-order valence-electron chi connectivity index (χ2n) is 11.5. The lowest BCUT2D eigenvalue weighted by molar-refractivity contribution is -0.121. The number of fused-ring (bicyclic) bond motifs is 1. The Morgan fingerprint density at radius 3 is 2.61 bits per heavy atom. The number of hydrogen-bond acceptors (Lipinski definition) is 7. The SMILES string of the molecule is CC(C)COC(=O)n1nc(NC(=O)[C@@H]2CCCN(C(=O)OC(C)(C)C)C2)c2cc(-c3cc(C#N)ccc3Cl)ccc21. The Labute approximate surface area is 244 Å². The lowest BCUT2D eigenvalue weighted by Gasteiger charge is -2.33. The summed E-state index contributed by atoms with van der Waals surface area (Å²) < 4.78 is 12.0. The van der Waals surface area contributed by atoms with E-state index in [0.29, 0.717) is 52.0 Å². The minimum Gasteiger partial charge on any atom is -0.448 e. The van der Waals surface area contributed by atoms with E-state index in [1.54, 1.807) is 62.1 Å². The molecule has 4 rings (SSSR count). The highest BCUT2D eigenvalue weighted by Crippen LogP contribution is 2.34. The Balaban J connectivity index is 1.67. The van der Waals surface area contributed by atoms with Crippen LogP contribution >= 0.6 is 11.6 Å². The predicted molar refractivity (Wildman–Crippen MR) is 156 cm³/mol. The number of rotatable bonds is 5. The van der Waals surface area contributed by atoms with Crippen LogP contribution in [0.25, 0.3) is 22.0 Å². The Morgan fingerprint density at radius 1 is 1.17 bits per heavy atom. The van der Waals surface area contributed by atoms with Crippen LogP contribution in [-0.4, -0.2) is 58.1 Å². The zero-order valence-corrected chi connectivity index (χ0v) is 24.6. The number of carbonyl (C=O) groups excluding carboxylic acids is 3. The van der Waals surface area contributed by atoms with Crippen molar-refractivity contribution in [2.24, 2.45) is 11.8 Å². The maximum atomic E-state index is 13.4. The molecule has 3 aromatic rings. The molecule has 2 amide bonds. The summed E-state index contributed by atoms with van der Waals surface area (Å²) in [5, 5.41) is 17.6. The molecule has 41 heavy (non-hydrogen) atoms. The van der Waals surface area contributed by atoms with E-state index in [0.717, 1.165) is 4.68 Å². The van der Waals surface area contributed by atoms with Crippen LogP contribution in [0.4, 0.5) is 15.4 Å². The van der Waals surface area contributed by atoms with Crippen LogP contribution in [0.5, 0.6) is 0 Å². The number of carbonyl (C=O) groups is 3. The fourth-order valence-electron chi connectivity index (χ4n) is 4.53. The predicted octanol–water partition coefficient (Wildman–Crippen LogP) is 6.45. The van der Waals surface area contributed by atoms with Crippen molar-refractivity contribution in [1.82, 2.24) is 14.7 Å². The van der Waals surface area contributed by atoms with E-state index in [1.807, 2.05) is 13.8 Å². The van der Waals surface area contributed by atoms with Gasteiger partial charge in [0.05, 0.1) is 29.7 Å². The molecule has 1 aromatic heterocycles. The molecular weight excluding hydrogens is 546 g/mol. The molecule has 0 aliphatic carbocycles. The highest BCUT2D eigenvalue weighted by atomic mass is 35.5. The van der Waals surface area contributed by atoms with Gasteiger partial charge in [0.25, 0.3) is 0 Å². The second-order valence-corrected chi connectivity index (χ2v) is 11.9. The average Bonchev–Trinajstić information content (AvgIpc) is 3.28. The summed E-state index contributed by atoms with van der Waals surface area (Å²) in [5.41, 5.74) is 1.54. The number of nitrogens with zero attached hydrogens (tertiary/aromatic N) is 4. The summed E-state index contributed by atoms with van der Waals surface area (Å²) in [6, 6.07) is 12.3. The van der Waals surface area contributed by atoms with E-state index < -0.39 is 23.7 Å². The molecule has 0 radical (unpaired) electrons. The topological polar surface area (TPSA) is 127 Å². The Hall–Kier alpha value is -4.10. The third kappa shape index (κ3) is 7.16. The maximum Gasteiger partial charge on any atom is 0.435 e. The standard InChI is InChI=1S/C30H34ClN5O5/c1-18(2)17-40-29(39)36-25-11-9-20(22-13-19(15-32)8-10-24(22)31)14-23(25)26(34-36)33-27(37)21-7-6-12-35(16-21)28(38)41-30(3,4)5/h8-11,13-14,18,21H,6-7,12,16-17H2,1-5H3,(H,33,34,37)/t21-/m1/s1. The molecule has 2 heterocycles. The van der Waals surface area contributed by atoms with Gasteiger partial charge in [-0.25, -0.2) is 9.59 Å². The molecule has 0 saturated carbocycles. The summed E-state index contributed by atoms with van der Waals surface area (Å²) >= 11 is 6.45. The third-order valence-corrected chi connectivity index (χ3v) is 6.81. The summed E-state index contributed by atoms with van der Waals surface area (Å²) in [5.74, 6) is -0.514. The number of benzene rings is 2. The van der Waals surface area contributed by atoms with Crippen LogP contribution < -0.4 is 5.32 Å². The number of aromatic nitrogens is 2. The molecule has 10 nitrogen and oxygen atoms in total. The van der Waals surface area contributed by atoms with Crippen LogP contribution in [0, 0.1) is 23.2 Å². The van der Waals surface area contributed by atoms with Gasteiger partial charge in [-0.2, -0.15) is 9.94 Å². The Kier molecular flexibility index (Phi) is 8.88. The van der Waals surface area contributed by atoms with Gasteiger partial charge in [-0.05, 0) is 75.4 Å². The first-order valence-electron chi connectivity index (χ1n) is 13.5. The second kappa shape index (κ2) is 12.2. The zero-order valence-electron chi connectivity index (χ0n) is 23.9. The molecule has 11 heteroatoms. The third-order valence-electron chi connectivity index (χ3n) is 6.48. The van der Waals surface area contributed by atoms with E-state index in [9.17, 15) is 19.6 Å². The molecule has 1 atom stereocenters. The smallest absolute Gasteiger partial charge is 0.435 e. The highest BCUT2D eigenvalue weighted by molar-refractivity contribution is 6.33. The van der Waals surface area contributed by atoms with E-state index in [4.69, 9.17) is 21.1 Å². The number of nitriles is 1. The number of piperidine rings is 1. The van der Waals surface area contributed by atoms with Gasteiger partial charge >= 0.3 is 12.2 Å². The highest BCUT2D eigenvalue weighted by Gasteiger charge is 2.32. The monoisotopic (exact) mass is 579 g/mol. The van der Waals surface area contributed by atoms with Crippen molar-refractivity contribution in [2.45, 2.75) is 53.1 Å². The number of likely N-dealkylation sites (tertiary alicyclic amines) is 1. The molecule has 1 N–H and O–H groups in total. The van der Waals surface area contributed by atoms with E-state index >= 15 is 0 Å². The van der Waals surface area contributed by atoms with Crippen molar-refractivity contribution in [1.29, 1.82) is 5.26 Å². The first-order chi connectivity index (χ1) is 19.4. The summed E-state index contributed by atoms with van der Waals surface area (Å²) in [6.45, 7) is 10.2. The molecule has 0 spiro atoms. The van der Waals surface area contributed by atoms with E-state index in [1.165, 1.54) is 0 Å². The largest absolute Gasteiger partial charge is 0.448 e. The summed E-state index contributed by atoms with van der Waals surface area (Å²) in [7, 11) is 0. The van der Waals surface area contributed by atoms with Gasteiger partial charge in [0.2, 0.25) is 5.91 Å². The molecule has 1 aliphatic rings. The Bertz CT molecular complexity index is 1520. The first kappa shape index (κ1) is 29.9. The molecule has 1 aliphatic heterocycles. The van der Waals surface area contributed by atoms with Crippen LogP contribution in [0.1, 0.15) is 53.0 Å². The van der Waals surface area contributed by atoms with Crippen molar-refractivity contribution >= 4 is 46.4 Å². The van der Waals surface area contributed by atoms with Crippen molar-refractivity contribution in [3.05, 3.63) is 47.0 Å². The molecule has 0 bridgehead atoms. The van der Waals surface area contributed by atoms with Gasteiger partial charge in [0.15, 0.2) is 5.82 Å². The number of hydrogen-bond donors (Lipinski definition) is 1. The summed E-state index contributed by atoms with van der Waals surface area (Å²) in [6.07, 6.45) is 0.0995. The molecule has 2 aromatic carbocycles. The van der Waals surface area contributed by atoms with E-state index in [2.05, 4.69) is 16.5 Å².